The van der Waals surface area contributed by atoms with E-state index in [4.69, 9.17) is 0 Å². The monoisotopic (exact) mass is 385 g/mol. The predicted octanol–water partition coefficient (Wildman–Crippen LogP) is 2.07. The molecule has 1 aromatic heterocycles. The van der Waals surface area contributed by atoms with Gasteiger partial charge >= 0.3 is 0 Å². The minimum atomic E-state index is -0.367. The Morgan fingerprint density at radius 2 is 1.90 bits per heavy atom. The van der Waals surface area contributed by atoms with E-state index in [0.29, 0.717) is 37.7 Å². The van der Waals surface area contributed by atoms with Gasteiger partial charge in [0.25, 0.3) is 11.8 Å². The van der Waals surface area contributed by atoms with Crippen LogP contribution in [-0.2, 0) is 4.79 Å². The number of carbonyl (C=O) groups excluding carboxylic acids is 2. The van der Waals surface area contributed by atoms with Crippen molar-refractivity contribution < 1.29 is 9.59 Å². The Morgan fingerprint density at radius 1 is 1.03 bits per heavy atom. The summed E-state index contributed by atoms with van der Waals surface area (Å²) in [4.78, 5) is 42.1. The molecule has 1 aromatic carbocycles. The van der Waals surface area contributed by atoms with E-state index in [1.807, 2.05) is 64.4 Å². The third kappa shape index (κ3) is 3.24. The van der Waals surface area contributed by atoms with Crippen LogP contribution >= 0.6 is 0 Å². The number of aliphatic imine (C=N–C) groups is 2. The van der Waals surface area contributed by atoms with Crippen LogP contribution in [0.1, 0.15) is 10.4 Å². The highest BCUT2D eigenvalue weighted by molar-refractivity contribution is 6.21. The maximum absolute atomic E-state index is 12.9. The Hall–Kier alpha value is -3.61. The molecule has 1 unspecified atom stereocenters. The molecule has 2 amide bonds. The van der Waals surface area contributed by atoms with Gasteiger partial charge in [-0.15, -0.1) is 0 Å². The highest BCUT2D eigenvalue weighted by Crippen LogP contribution is 2.19. The van der Waals surface area contributed by atoms with Crippen LogP contribution in [0.15, 0.2) is 70.8 Å². The molecule has 0 spiro atoms. The lowest BCUT2D eigenvalue weighted by atomic mass is 9.97. The second-order valence-electron chi connectivity index (χ2n) is 7.20. The van der Waals surface area contributed by atoms with Gasteiger partial charge in [-0.05, 0) is 24.3 Å². The molecule has 1 atom stereocenters. The number of rotatable bonds is 1. The molecule has 7 nitrogen and oxygen atoms in total. The number of allylic oxidation sites excluding steroid dienone is 3. The summed E-state index contributed by atoms with van der Waals surface area (Å²) in [5.41, 5.74) is 2.17. The van der Waals surface area contributed by atoms with Crippen LogP contribution in [0.25, 0.3) is 10.9 Å². The Labute approximate surface area is 167 Å². The number of aromatic nitrogens is 1. The van der Waals surface area contributed by atoms with E-state index in [9.17, 15) is 9.59 Å². The third-order valence-corrected chi connectivity index (χ3v) is 5.41. The largest absolute Gasteiger partial charge is 0.337 e. The van der Waals surface area contributed by atoms with Crippen molar-refractivity contribution in [2.75, 3.05) is 26.2 Å². The topological polar surface area (TPSA) is 78.2 Å². The summed E-state index contributed by atoms with van der Waals surface area (Å²) in [5, 5.41) is 1.01. The van der Waals surface area contributed by atoms with Crippen LogP contribution in [0.4, 0.5) is 0 Å². The average Bonchev–Trinajstić information content (AvgIpc) is 2.78. The van der Waals surface area contributed by atoms with E-state index in [-0.39, 0.29) is 17.7 Å². The second kappa shape index (κ2) is 7.09. The van der Waals surface area contributed by atoms with Gasteiger partial charge in [0.05, 0.1) is 11.2 Å². The van der Waals surface area contributed by atoms with Gasteiger partial charge in [0.15, 0.2) is 0 Å². The fourth-order valence-corrected chi connectivity index (χ4v) is 3.79. The zero-order valence-corrected chi connectivity index (χ0v) is 15.7. The molecular formula is C22H19N5O2. The molecule has 3 heterocycles. The molecule has 1 fully saturated rings. The summed E-state index contributed by atoms with van der Waals surface area (Å²) in [6, 6.07) is 9.46. The zero-order chi connectivity index (χ0) is 19.8. The van der Waals surface area contributed by atoms with Crippen molar-refractivity contribution in [3.63, 3.8) is 0 Å². The number of benzene rings is 1. The van der Waals surface area contributed by atoms with Crippen LogP contribution in [0.5, 0.6) is 0 Å². The number of guanidine groups is 1. The Kier molecular flexibility index (Phi) is 4.27. The number of hydrogen-bond donors (Lipinski definition) is 0. The quantitative estimate of drug-likeness (QED) is 0.753. The zero-order valence-electron chi connectivity index (χ0n) is 15.7. The van der Waals surface area contributed by atoms with Gasteiger partial charge in [-0.3, -0.25) is 14.6 Å². The van der Waals surface area contributed by atoms with Gasteiger partial charge in [-0.2, -0.15) is 4.99 Å². The number of piperazine rings is 1. The molecule has 1 aliphatic carbocycles. The second-order valence-corrected chi connectivity index (χ2v) is 7.20. The van der Waals surface area contributed by atoms with Gasteiger partial charge in [0, 0.05) is 43.3 Å². The summed E-state index contributed by atoms with van der Waals surface area (Å²) >= 11 is 0. The number of pyridine rings is 1. The molecule has 1 saturated heterocycles. The molecule has 0 bridgehead atoms. The molecule has 0 radical (unpaired) electrons. The van der Waals surface area contributed by atoms with Gasteiger partial charge in [0.2, 0.25) is 5.96 Å². The first-order valence-corrected chi connectivity index (χ1v) is 9.64. The standard InChI is InChI=1S/C22H19N5O2/c28-20-17-5-1-2-6-18(17)24-22(25-20)27-12-10-26(11-13-27)21(29)16-8-7-15-4-3-9-23-19(15)14-16/h1-9,14,17H,10-13H2. The summed E-state index contributed by atoms with van der Waals surface area (Å²) < 4.78 is 0. The van der Waals surface area contributed by atoms with Gasteiger partial charge < -0.3 is 9.80 Å². The van der Waals surface area contributed by atoms with Crippen LogP contribution < -0.4 is 0 Å². The van der Waals surface area contributed by atoms with Gasteiger partial charge in [0.1, 0.15) is 5.92 Å². The van der Waals surface area contributed by atoms with Crippen LogP contribution in [0.2, 0.25) is 0 Å². The number of amides is 2. The fraction of sp³-hybridized carbons (Fsp3) is 0.227. The normalized spacial score (nSPS) is 21.1. The Bertz CT molecular complexity index is 1120. The van der Waals surface area contributed by atoms with Crippen LogP contribution in [0, 0.1) is 5.92 Å². The predicted molar refractivity (Wildman–Crippen MR) is 111 cm³/mol. The molecule has 29 heavy (non-hydrogen) atoms. The molecule has 144 valence electrons. The van der Waals surface area contributed by atoms with Crippen molar-refractivity contribution in [2.24, 2.45) is 15.9 Å². The van der Waals surface area contributed by atoms with Crippen LogP contribution in [0.3, 0.4) is 0 Å². The minimum absolute atomic E-state index is 0.00871. The first kappa shape index (κ1) is 17.5. The molecule has 2 aliphatic heterocycles. The van der Waals surface area contributed by atoms with E-state index >= 15 is 0 Å². The molecule has 5 rings (SSSR count). The molecule has 3 aliphatic rings. The highest BCUT2D eigenvalue weighted by atomic mass is 16.2. The van der Waals surface area contributed by atoms with Crippen molar-refractivity contribution in [1.29, 1.82) is 0 Å². The molecular weight excluding hydrogens is 366 g/mol. The van der Waals surface area contributed by atoms with E-state index in [1.54, 1.807) is 6.20 Å². The van der Waals surface area contributed by atoms with Crippen molar-refractivity contribution >= 4 is 34.4 Å². The summed E-state index contributed by atoms with van der Waals surface area (Å²) in [6.07, 6.45) is 9.11. The number of carbonyl (C=O) groups is 2. The molecule has 2 aromatic rings. The van der Waals surface area contributed by atoms with Gasteiger partial charge in [-0.25, -0.2) is 4.99 Å². The number of hydrogen-bond acceptors (Lipinski definition) is 5. The molecule has 0 N–H and O–H groups in total. The first-order chi connectivity index (χ1) is 14.2. The Morgan fingerprint density at radius 3 is 2.76 bits per heavy atom. The summed E-state index contributed by atoms with van der Waals surface area (Å²) in [5.74, 6) is -0.116. The maximum atomic E-state index is 12.9. The maximum Gasteiger partial charge on any atom is 0.261 e. The van der Waals surface area contributed by atoms with Crippen molar-refractivity contribution in [3.05, 3.63) is 66.4 Å². The SMILES string of the molecule is O=C1N=C(N2CCN(C(=O)c3ccc4cccnc4c3)CC2)N=C2C=CC=CC12. The van der Waals surface area contributed by atoms with E-state index in [2.05, 4.69) is 15.0 Å². The minimum Gasteiger partial charge on any atom is -0.337 e. The lowest BCUT2D eigenvalue weighted by Crippen LogP contribution is -2.51. The van der Waals surface area contributed by atoms with E-state index < -0.39 is 0 Å². The smallest absolute Gasteiger partial charge is 0.261 e. The number of nitrogens with zero attached hydrogens (tertiary/aromatic N) is 5. The third-order valence-electron chi connectivity index (χ3n) is 5.41. The lowest BCUT2D eigenvalue weighted by Gasteiger charge is -2.36. The van der Waals surface area contributed by atoms with E-state index in [0.717, 1.165) is 16.6 Å². The van der Waals surface area contributed by atoms with Gasteiger partial charge in [-0.1, -0.05) is 30.4 Å². The van der Waals surface area contributed by atoms with Crippen molar-refractivity contribution in [2.45, 2.75) is 0 Å². The first-order valence-electron chi connectivity index (χ1n) is 9.64. The van der Waals surface area contributed by atoms with Crippen molar-refractivity contribution in [1.82, 2.24) is 14.8 Å². The van der Waals surface area contributed by atoms with Crippen molar-refractivity contribution in [3.8, 4) is 0 Å². The Balaban J connectivity index is 1.28. The number of fused-ring (bicyclic) bond motifs is 2. The van der Waals surface area contributed by atoms with Crippen LogP contribution in [-0.4, -0.2) is 64.4 Å². The average molecular weight is 385 g/mol. The molecule has 7 heteroatoms. The molecule has 0 saturated carbocycles. The fourth-order valence-electron chi connectivity index (χ4n) is 3.79. The summed E-state index contributed by atoms with van der Waals surface area (Å²) in [7, 11) is 0. The van der Waals surface area contributed by atoms with E-state index in [1.165, 1.54) is 0 Å². The highest BCUT2D eigenvalue weighted by Gasteiger charge is 2.30. The lowest BCUT2D eigenvalue weighted by molar-refractivity contribution is -0.118. The summed E-state index contributed by atoms with van der Waals surface area (Å²) in [6.45, 7) is 2.28.